The highest BCUT2D eigenvalue weighted by molar-refractivity contribution is 6.77. The van der Waals surface area contributed by atoms with Crippen molar-refractivity contribution in [3.05, 3.63) is 71.8 Å². The number of aryl methyl sites for hydroxylation is 2. The molecule has 2 heterocycles. The summed E-state index contributed by atoms with van der Waals surface area (Å²) in [7, 11) is -2.05. The molecular weight excluding hydrogens is 544 g/mol. The summed E-state index contributed by atoms with van der Waals surface area (Å²) < 4.78 is 17.6. The fourth-order valence-corrected chi connectivity index (χ4v) is 12.6. The van der Waals surface area contributed by atoms with E-state index in [4.69, 9.17) is 13.9 Å². The normalized spacial score (nSPS) is 25.9. The zero-order valence-corrected chi connectivity index (χ0v) is 27.8. The second-order valence-corrected chi connectivity index (χ2v) is 18.3. The molecule has 7 heteroatoms. The predicted octanol–water partition coefficient (Wildman–Crippen LogP) is 7.28. The molecule has 1 N–H and O–H groups in total. The molecule has 2 saturated heterocycles. The summed E-state index contributed by atoms with van der Waals surface area (Å²) in [5.41, 5.74) is 3.95. The van der Waals surface area contributed by atoms with Gasteiger partial charge in [-0.05, 0) is 67.3 Å². The van der Waals surface area contributed by atoms with Crippen LogP contribution < -0.4 is 0 Å². The van der Waals surface area contributed by atoms with Crippen molar-refractivity contribution in [2.75, 3.05) is 0 Å². The highest BCUT2D eigenvalue weighted by Crippen LogP contribution is 2.45. The molecule has 2 aromatic rings. The number of carbonyl (C=O) groups excluding carboxylic acids is 2. The van der Waals surface area contributed by atoms with Gasteiger partial charge in [0.05, 0.1) is 17.9 Å². The Hall–Kier alpha value is -2.48. The van der Waals surface area contributed by atoms with E-state index in [1.165, 1.54) is 11.1 Å². The average Bonchev–Trinajstić information content (AvgIpc) is 3.36. The van der Waals surface area contributed by atoms with Crippen LogP contribution in [0.25, 0.3) is 0 Å². The van der Waals surface area contributed by atoms with Crippen molar-refractivity contribution in [3.63, 3.8) is 0 Å². The van der Waals surface area contributed by atoms with E-state index in [2.05, 4.69) is 53.7 Å². The minimum Gasteiger partial charge on any atom is -0.460 e. The molecule has 0 aromatic heterocycles. The van der Waals surface area contributed by atoms with Gasteiger partial charge in [0.25, 0.3) is 0 Å². The second-order valence-electron chi connectivity index (χ2n) is 12.9. The molecule has 42 heavy (non-hydrogen) atoms. The maximum Gasteiger partial charge on any atom is 0.312 e. The fourth-order valence-electron chi connectivity index (χ4n) is 6.93. The molecule has 6 nitrogen and oxygen atoms in total. The summed E-state index contributed by atoms with van der Waals surface area (Å²) in [6.07, 6.45) is 1.81. The van der Waals surface area contributed by atoms with E-state index in [1.54, 1.807) is 6.92 Å². The molecule has 0 aliphatic carbocycles. The number of cyclic esters (lactones) is 2. The monoisotopic (exact) mass is 596 g/mol. The number of benzene rings is 2. The molecular formula is C35H52O6Si. The molecule has 0 bridgehead atoms. The van der Waals surface area contributed by atoms with E-state index in [9.17, 15) is 14.7 Å². The first-order valence-corrected chi connectivity index (χ1v) is 17.9. The predicted molar refractivity (Wildman–Crippen MR) is 170 cm³/mol. The van der Waals surface area contributed by atoms with E-state index < -0.39 is 14.4 Å². The van der Waals surface area contributed by atoms with E-state index in [0.29, 0.717) is 23.0 Å². The van der Waals surface area contributed by atoms with Gasteiger partial charge in [-0.25, -0.2) is 0 Å². The van der Waals surface area contributed by atoms with Crippen molar-refractivity contribution in [2.24, 2.45) is 11.8 Å². The molecule has 0 saturated carbocycles. The van der Waals surface area contributed by atoms with Gasteiger partial charge in [-0.2, -0.15) is 0 Å². The van der Waals surface area contributed by atoms with Crippen molar-refractivity contribution in [1.82, 2.24) is 0 Å². The van der Waals surface area contributed by atoms with Gasteiger partial charge < -0.3 is 19.0 Å². The van der Waals surface area contributed by atoms with Crippen LogP contribution in [0.5, 0.6) is 0 Å². The first-order chi connectivity index (χ1) is 19.9. The Labute approximate surface area is 254 Å². The van der Waals surface area contributed by atoms with Crippen LogP contribution in [0.15, 0.2) is 60.7 Å². The lowest BCUT2D eigenvalue weighted by atomic mass is 9.94. The molecule has 2 aromatic carbocycles. The van der Waals surface area contributed by atoms with E-state index in [-0.39, 0.29) is 42.1 Å². The third-order valence-electron chi connectivity index (χ3n) is 9.18. The Balaban J connectivity index is 0.000000258. The first-order valence-electron chi connectivity index (χ1n) is 15.7. The van der Waals surface area contributed by atoms with Crippen LogP contribution in [0.2, 0.25) is 16.6 Å². The van der Waals surface area contributed by atoms with E-state index in [0.717, 1.165) is 19.3 Å². The maximum absolute atomic E-state index is 12.5. The van der Waals surface area contributed by atoms with Crippen LogP contribution in [0.3, 0.4) is 0 Å². The molecule has 0 radical (unpaired) electrons. The number of hydrogen-bond acceptors (Lipinski definition) is 6. The maximum atomic E-state index is 12.5. The van der Waals surface area contributed by atoms with E-state index in [1.807, 2.05) is 55.5 Å². The summed E-state index contributed by atoms with van der Waals surface area (Å²) in [6, 6.07) is 20.3. The van der Waals surface area contributed by atoms with Gasteiger partial charge in [0.1, 0.15) is 18.3 Å². The lowest BCUT2D eigenvalue weighted by Gasteiger charge is -2.45. The highest BCUT2D eigenvalue weighted by atomic mass is 28.4. The number of rotatable bonds is 11. The van der Waals surface area contributed by atoms with Gasteiger partial charge in [0, 0.05) is 0 Å². The van der Waals surface area contributed by atoms with Crippen molar-refractivity contribution < 1.29 is 28.6 Å². The molecule has 6 atom stereocenters. The second kappa shape index (κ2) is 15.3. The third-order valence-corrected chi connectivity index (χ3v) is 15.3. The van der Waals surface area contributed by atoms with Crippen LogP contribution >= 0.6 is 0 Å². The molecule has 2 fully saturated rings. The summed E-state index contributed by atoms with van der Waals surface area (Å²) in [6.45, 7) is 17.4. The number of carbonyl (C=O) groups is 2. The molecule has 2 aliphatic rings. The minimum atomic E-state index is -2.05. The molecule has 0 unspecified atom stereocenters. The Kier molecular flexibility index (Phi) is 12.4. The highest BCUT2D eigenvalue weighted by Gasteiger charge is 2.52. The summed E-state index contributed by atoms with van der Waals surface area (Å²) in [5, 5.41) is 9.76. The molecule has 0 amide bonds. The van der Waals surface area contributed by atoms with Gasteiger partial charge in [-0.15, -0.1) is 0 Å². The van der Waals surface area contributed by atoms with Crippen molar-refractivity contribution in [3.8, 4) is 0 Å². The number of ether oxygens (including phenoxy) is 2. The van der Waals surface area contributed by atoms with Gasteiger partial charge >= 0.3 is 11.9 Å². The quantitative estimate of drug-likeness (QED) is 0.217. The van der Waals surface area contributed by atoms with Crippen molar-refractivity contribution in [2.45, 2.75) is 122 Å². The lowest BCUT2D eigenvalue weighted by Crippen LogP contribution is -2.52. The number of aliphatic hydroxyl groups excluding tert-OH is 1. The Morgan fingerprint density at radius 2 is 1.10 bits per heavy atom. The third kappa shape index (κ3) is 8.11. The van der Waals surface area contributed by atoms with Gasteiger partial charge in [0.15, 0.2) is 0 Å². The summed E-state index contributed by atoms with van der Waals surface area (Å²) in [4.78, 5) is 24.0. The van der Waals surface area contributed by atoms with Gasteiger partial charge in [-0.1, -0.05) is 102 Å². The largest absolute Gasteiger partial charge is 0.460 e. The van der Waals surface area contributed by atoms with Crippen LogP contribution in [0, 0.1) is 11.8 Å². The zero-order valence-electron chi connectivity index (χ0n) is 26.8. The SMILES string of the molecule is CC(C)[Si](O[C@H]1[C@H](C)OC(=O)[C@@H]1CCc1ccccc1)(C(C)C)C(C)C.C[C@@H]1OC(=O)[C@H](CCc2ccccc2)[C@H]1O. The minimum absolute atomic E-state index is 0.0856. The van der Waals surface area contributed by atoms with Gasteiger partial charge in [0.2, 0.25) is 8.32 Å². The average molecular weight is 597 g/mol. The number of aliphatic hydroxyl groups is 1. The molecule has 0 spiro atoms. The fraction of sp³-hybridized carbons (Fsp3) is 0.600. The first kappa shape index (κ1) is 34.0. The molecule has 4 rings (SSSR count). The van der Waals surface area contributed by atoms with Crippen LogP contribution in [-0.2, 0) is 36.3 Å². The van der Waals surface area contributed by atoms with Gasteiger partial charge in [-0.3, -0.25) is 9.59 Å². The standard InChI is InChI=1S/C22H36O3Si.C13H16O3/c1-15(2)26(16(3)4,17(5)6)25-21-18(7)24-22(23)20(21)14-13-19-11-9-8-10-12-19;1-9-12(14)11(13(15)16-9)8-7-10-5-3-2-4-6-10/h8-12,15-18,20-21H,13-14H2,1-7H3;2-6,9,11-12,14H,7-8H2,1H3/t18-,20+,21-;9-,11+,12-/m00/s1. The van der Waals surface area contributed by atoms with Crippen LogP contribution in [0.4, 0.5) is 0 Å². The summed E-state index contributed by atoms with van der Waals surface area (Å²) >= 11 is 0. The van der Waals surface area contributed by atoms with Crippen molar-refractivity contribution in [1.29, 1.82) is 0 Å². The Morgan fingerprint density at radius 1 is 0.690 bits per heavy atom. The number of esters is 2. The van der Waals surface area contributed by atoms with Crippen LogP contribution in [-0.4, -0.2) is 49.8 Å². The Bertz CT molecular complexity index is 1100. The van der Waals surface area contributed by atoms with E-state index >= 15 is 0 Å². The van der Waals surface area contributed by atoms with Crippen LogP contribution in [0.1, 0.15) is 79.4 Å². The van der Waals surface area contributed by atoms with Crippen molar-refractivity contribution >= 4 is 20.3 Å². The number of hydrogen-bond donors (Lipinski definition) is 1. The zero-order chi connectivity index (χ0) is 31.0. The smallest absolute Gasteiger partial charge is 0.312 e. The lowest BCUT2D eigenvalue weighted by molar-refractivity contribution is -0.144. The summed E-state index contributed by atoms with van der Waals surface area (Å²) in [5.74, 6) is -0.878. The molecule has 2 aliphatic heterocycles. The molecule has 232 valence electrons. The topological polar surface area (TPSA) is 82.1 Å². The Morgan fingerprint density at radius 3 is 1.50 bits per heavy atom.